The van der Waals surface area contributed by atoms with Crippen LogP contribution in [0.3, 0.4) is 0 Å². The van der Waals surface area contributed by atoms with E-state index in [9.17, 15) is 18.0 Å². The molecule has 34 heavy (non-hydrogen) atoms. The Kier molecular flexibility index (Phi) is 8.15. The first-order valence-electron chi connectivity index (χ1n) is 11.8. The molecule has 0 radical (unpaired) electrons. The average Bonchev–Trinajstić information content (AvgIpc) is 3.15. The number of sulfonamides is 1. The molecule has 7 nitrogen and oxygen atoms in total. The zero-order valence-corrected chi connectivity index (χ0v) is 21.4. The molecule has 0 saturated carbocycles. The maximum Gasteiger partial charge on any atom is 0.243 e. The maximum atomic E-state index is 13.2. The third-order valence-electron chi connectivity index (χ3n) is 5.74. The number of nitrogens with one attached hydrogen (secondary N) is 1. The molecule has 1 aliphatic rings. The lowest BCUT2D eigenvalue weighted by Crippen LogP contribution is -2.37. The lowest BCUT2D eigenvalue weighted by Gasteiger charge is -2.25. The molecule has 1 saturated heterocycles. The Morgan fingerprint density at radius 2 is 1.56 bits per heavy atom. The Labute approximate surface area is 203 Å². The van der Waals surface area contributed by atoms with Crippen LogP contribution in [-0.2, 0) is 19.6 Å². The second-order valence-corrected chi connectivity index (χ2v) is 11.8. The highest BCUT2D eigenvalue weighted by atomic mass is 32.2. The van der Waals surface area contributed by atoms with Crippen LogP contribution in [0.2, 0.25) is 0 Å². The Balaban J connectivity index is 1.67. The van der Waals surface area contributed by atoms with Crippen LogP contribution in [-0.4, -0.2) is 44.2 Å². The number of aryl methyl sites for hydroxylation is 1. The van der Waals surface area contributed by atoms with E-state index in [-0.39, 0.29) is 35.0 Å². The molecule has 1 atom stereocenters. The number of carbonyl (C=O) groups is 2. The molecule has 2 aromatic carbocycles. The Hall–Kier alpha value is -2.71. The van der Waals surface area contributed by atoms with Crippen LogP contribution in [0.15, 0.2) is 53.4 Å². The van der Waals surface area contributed by atoms with Gasteiger partial charge in [-0.05, 0) is 55.2 Å². The minimum atomic E-state index is -3.63. The summed E-state index contributed by atoms with van der Waals surface area (Å²) in [6.45, 7) is 11.2. The van der Waals surface area contributed by atoms with Crippen LogP contribution in [0, 0.1) is 24.7 Å². The summed E-state index contributed by atoms with van der Waals surface area (Å²) in [6, 6.07) is 13.9. The highest BCUT2D eigenvalue weighted by Crippen LogP contribution is 2.27. The monoisotopic (exact) mass is 485 g/mol. The van der Waals surface area contributed by atoms with Crippen LogP contribution >= 0.6 is 0 Å². The van der Waals surface area contributed by atoms with E-state index >= 15 is 0 Å². The molecule has 0 aromatic heterocycles. The quantitative estimate of drug-likeness (QED) is 0.574. The minimum Gasteiger partial charge on any atom is -0.326 e. The fourth-order valence-corrected chi connectivity index (χ4v) is 5.81. The summed E-state index contributed by atoms with van der Waals surface area (Å²) in [4.78, 5) is 27.1. The van der Waals surface area contributed by atoms with Crippen LogP contribution < -0.4 is 10.2 Å². The normalized spacial score (nSPS) is 16.6. The summed E-state index contributed by atoms with van der Waals surface area (Å²) in [5.74, 6) is -0.383. The highest BCUT2D eigenvalue weighted by molar-refractivity contribution is 7.89. The van der Waals surface area contributed by atoms with E-state index in [1.165, 1.54) is 16.4 Å². The number of anilines is 2. The molecule has 3 rings (SSSR count). The Morgan fingerprint density at radius 3 is 2.09 bits per heavy atom. The molecule has 8 heteroatoms. The number of carbonyl (C=O) groups excluding carboxylic acids is 2. The van der Waals surface area contributed by atoms with Gasteiger partial charge in [-0.25, -0.2) is 8.42 Å². The molecule has 1 N–H and O–H groups in total. The van der Waals surface area contributed by atoms with E-state index in [0.717, 1.165) is 11.3 Å². The molecular weight excluding hydrogens is 450 g/mol. The van der Waals surface area contributed by atoms with Crippen molar-refractivity contribution in [2.75, 3.05) is 29.9 Å². The summed E-state index contributed by atoms with van der Waals surface area (Å²) in [5.41, 5.74) is 2.39. The van der Waals surface area contributed by atoms with E-state index in [1.807, 2.05) is 58.9 Å². The van der Waals surface area contributed by atoms with Gasteiger partial charge < -0.3 is 10.2 Å². The first-order chi connectivity index (χ1) is 16.0. The number of hydrogen-bond acceptors (Lipinski definition) is 4. The van der Waals surface area contributed by atoms with Gasteiger partial charge in [0.15, 0.2) is 0 Å². The van der Waals surface area contributed by atoms with E-state index < -0.39 is 15.9 Å². The van der Waals surface area contributed by atoms with Gasteiger partial charge in [0, 0.05) is 37.4 Å². The zero-order valence-electron chi connectivity index (χ0n) is 20.6. The summed E-state index contributed by atoms with van der Waals surface area (Å²) in [6.07, 6.45) is 0.144. The Bertz CT molecular complexity index is 1100. The largest absolute Gasteiger partial charge is 0.326 e. The molecule has 0 spiro atoms. The summed E-state index contributed by atoms with van der Waals surface area (Å²) in [5, 5.41) is 2.83. The fraction of sp³-hybridized carbons (Fsp3) is 0.462. The average molecular weight is 486 g/mol. The van der Waals surface area contributed by atoms with Gasteiger partial charge in [-0.15, -0.1) is 0 Å². The summed E-state index contributed by atoms with van der Waals surface area (Å²) >= 11 is 0. The maximum absolute atomic E-state index is 13.2. The highest BCUT2D eigenvalue weighted by Gasteiger charge is 2.35. The topological polar surface area (TPSA) is 86.8 Å². The first kappa shape index (κ1) is 25.9. The SMILES string of the molecule is Cc1ccc(N2CC(C(=O)Nc3ccc(S(=O)(=O)N(CC(C)C)CC(C)C)cc3)CC2=O)cc1. The molecule has 1 unspecified atom stereocenters. The molecule has 0 bridgehead atoms. The van der Waals surface area contributed by atoms with Gasteiger partial charge in [-0.2, -0.15) is 4.31 Å². The van der Waals surface area contributed by atoms with Crippen molar-refractivity contribution in [2.24, 2.45) is 17.8 Å². The second-order valence-electron chi connectivity index (χ2n) is 9.86. The van der Waals surface area contributed by atoms with Crippen molar-refractivity contribution >= 4 is 33.2 Å². The van der Waals surface area contributed by atoms with Crippen LogP contribution in [0.1, 0.15) is 39.7 Å². The number of benzene rings is 2. The Morgan fingerprint density at radius 1 is 1.00 bits per heavy atom. The second kappa shape index (κ2) is 10.7. The van der Waals surface area contributed by atoms with Gasteiger partial charge in [0.2, 0.25) is 21.8 Å². The number of rotatable bonds is 9. The van der Waals surface area contributed by atoms with Crippen LogP contribution in [0.5, 0.6) is 0 Å². The third kappa shape index (κ3) is 6.24. The number of nitrogens with zero attached hydrogens (tertiary/aromatic N) is 2. The molecule has 1 aliphatic heterocycles. The summed E-state index contributed by atoms with van der Waals surface area (Å²) in [7, 11) is -3.63. The molecule has 184 valence electrons. The first-order valence-corrected chi connectivity index (χ1v) is 13.2. The van der Waals surface area contributed by atoms with Gasteiger partial charge in [-0.3, -0.25) is 9.59 Å². The molecule has 2 aromatic rings. The standard InChI is InChI=1S/C26H35N3O4S/c1-18(2)15-28(16-19(3)4)34(32,33)24-12-8-22(9-13-24)27-26(31)21-14-25(30)29(17-21)23-10-6-20(5)7-11-23/h6-13,18-19,21H,14-17H2,1-5H3,(H,27,31). The van der Waals surface area contributed by atoms with E-state index in [1.54, 1.807) is 17.0 Å². The molecule has 2 amide bonds. The van der Waals surface area contributed by atoms with Crippen LogP contribution in [0.4, 0.5) is 11.4 Å². The lowest BCUT2D eigenvalue weighted by molar-refractivity contribution is -0.122. The number of amides is 2. The van der Waals surface area contributed by atoms with Crippen molar-refractivity contribution < 1.29 is 18.0 Å². The van der Waals surface area contributed by atoms with Crippen molar-refractivity contribution in [3.63, 3.8) is 0 Å². The van der Waals surface area contributed by atoms with Crippen LogP contribution in [0.25, 0.3) is 0 Å². The number of hydrogen-bond donors (Lipinski definition) is 1. The van der Waals surface area contributed by atoms with Gasteiger partial charge in [0.1, 0.15) is 0 Å². The van der Waals surface area contributed by atoms with Gasteiger partial charge in [0.25, 0.3) is 0 Å². The zero-order chi connectivity index (χ0) is 25.0. The predicted molar refractivity (Wildman–Crippen MR) is 135 cm³/mol. The molecule has 1 fully saturated rings. The van der Waals surface area contributed by atoms with Gasteiger partial charge in [-0.1, -0.05) is 45.4 Å². The smallest absolute Gasteiger partial charge is 0.243 e. The minimum absolute atomic E-state index is 0.0826. The lowest BCUT2D eigenvalue weighted by atomic mass is 10.1. The molecule has 0 aliphatic carbocycles. The fourth-order valence-electron chi connectivity index (χ4n) is 4.05. The molecule has 1 heterocycles. The summed E-state index contributed by atoms with van der Waals surface area (Å²) < 4.78 is 27.9. The molecular formula is C26H35N3O4S. The van der Waals surface area contributed by atoms with Crippen molar-refractivity contribution in [3.05, 3.63) is 54.1 Å². The predicted octanol–water partition coefficient (Wildman–Crippen LogP) is 4.29. The van der Waals surface area contributed by atoms with Gasteiger partial charge in [0.05, 0.1) is 10.8 Å². The van der Waals surface area contributed by atoms with Crippen molar-refractivity contribution in [1.29, 1.82) is 0 Å². The van der Waals surface area contributed by atoms with E-state index in [2.05, 4.69) is 5.32 Å². The van der Waals surface area contributed by atoms with Crippen molar-refractivity contribution in [3.8, 4) is 0 Å². The van der Waals surface area contributed by atoms with E-state index in [0.29, 0.717) is 25.3 Å². The van der Waals surface area contributed by atoms with E-state index in [4.69, 9.17) is 0 Å². The van der Waals surface area contributed by atoms with Crippen molar-refractivity contribution in [2.45, 2.75) is 45.9 Å². The van der Waals surface area contributed by atoms with Gasteiger partial charge >= 0.3 is 0 Å². The third-order valence-corrected chi connectivity index (χ3v) is 7.58. The van der Waals surface area contributed by atoms with Crippen molar-refractivity contribution in [1.82, 2.24) is 4.31 Å².